The molecule has 0 aromatic rings. The van der Waals surface area contributed by atoms with Crippen LogP contribution < -0.4 is 5.32 Å². The van der Waals surface area contributed by atoms with Crippen molar-refractivity contribution in [3.8, 4) is 0 Å². The van der Waals surface area contributed by atoms with Crippen LogP contribution in [0, 0.1) is 5.92 Å². The highest BCUT2D eigenvalue weighted by molar-refractivity contribution is 5.80. The largest absolute Gasteiger partial charge is 0.444 e. The molecule has 6 heteroatoms. The van der Waals surface area contributed by atoms with E-state index in [1.54, 1.807) is 4.90 Å². The van der Waals surface area contributed by atoms with Gasteiger partial charge >= 0.3 is 6.09 Å². The fourth-order valence-corrected chi connectivity index (χ4v) is 2.84. The minimum atomic E-state index is -0.500. The summed E-state index contributed by atoms with van der Waals surface area (Å²) in [7, 11) is 2.12. The molecule has 1 N–H and O–H groups in total. The molecule has 1 heterocycles. The quantitative estimate of drug-likeness (QED) is 0.838. The van der Waals surface area contributed by atoms with Crippen molar-refractivity contribution in [2.45, 2.75) is 64.6 Å². The molecule has 2 aliphatic rings. The van der Waals surface area contributed by atoms with Crippen LogP contribution in [-0.4, -0.2) is 66.2 Å². The average molecular weight is 325 g/mol. The summed E-state index contributed by atoms with van der Waals surface area (Å²) in [6.45, 7) is 9.39. The van der Waals surface area contributed by atoms with Crippen LogP contribution in [-0.2, 0) is 9.53 Å². The second-order valence-electron chi connectivity index (χ2n) is 7.90. The van der Waals surface area contributed by atoms with Crippen molar-refractivity contribution in [1.29, 1.82) is 0 Å². The molecule has 2 fully saturated rings. The van der Waals surface area contributed by atoms with Gasteiger partial charge < -0.3 is 15.0 Å². The van der Waals surface area contributed by atoms with Crippen LogP contribution in [0.25, 0.3) is 0 Å². The number of nitrogens with zero attached hydrogens (tertiary/aromatic N) is 2. The van der Waals surface area contributed by atoms with Crippen molar-refractivity contribution in [1.82, 2.24) is 15.1 Å². The highest BCUT2D eigenvalue weighted by Crippen LogP contribution is 2.26. The fourth-order valence-electron chi connectivity index (χ4n) is 2.84. The first-order valence-electron chi connectivity index (χ1n) is 8.65. The van der Waals surface area contributed by atoms with Crippen LogP contribution in [0.3, 0.4) is 0 Å². The molecule has 0 spiro atoms. The lowest BCUT2D eigenvalue weighted by molar-refractivity contribution is -0.124. The Hall–Kier alpha value is -1.30. The summed E-state index contributed by atoms with van der Waals surface area (Å²) in [4.78, 5) is 28.3. The summed E-state index contributed by atoms with van der Waals surface area (Å²) in [6.07, 6.45) is 2.91. The van der Waals surface area contributed by atoms with Crippen LogP contribution in [0.2, 0.25) is 0 Å². The number of rotatable bonds is 5. The first kappa shape index (κ1) is 18.0. The Kier molecular flexibility index (Phi) is 5.55. The topological polar surface area (TPSA) is 61.9 Å². The molecule has 1 aliphatic heterocycles. The van der Waals surface area contributed by atoms with Gasteiger partial charge in [-0.05, 0) is 54.0 Å². The predicted octanol–water partition coefficient (Wildman–Crippen LogP) is 1.84. The van der Waals surface area contributed by atoms with Gasteiger partial charge in [-0.15, -0.1) is 0 Å². The van der Waals surface area contributed by atoms with Gasteiger partial charge in [0.05, 0.1) is 5.92 Å². The minimum Gasteiger partial charge on any atom is -0.444 e. The Morgan fingerprint density at radius 1 is 1.30 bits per heavy atom. The molecule has 0 bridgehead atoms. The molecule has 0 radical (unpaired) electrons. The standard InChI is InChI=1S/C17H31N3O3/c1-12(19(5)14-6-7-14)10-18-15(21)13-8-9-20(11-13)16(22)23-17(2,3)4/h12-14H,6-11H2,1-5H3,(H,18,21). The molecular formula is C17H31N3O3. The Balaban J connectivity index is 1.73. The van der Waals surface area contributed by atoms with Crippen LogP contribution in [0.1, 0.15) is 47.0 Å². The van der Waals surface area contributed by atoms with Gasteiger partial charge in [0, 0.05) is 31.7 Å². The number of likely N-dealkylation sites (N-methyl/N-ethyl adjacent to an activating group) is 1. The van der Waals surface area contributed by atoms with E-state index in [0.717, 1.165) is 0 Å². The maximum atomic E-state index is 12.3. The zero-order chi connectivity index (χ0) is 17.2. The maximum absolute atomic E-state index is 12.3. The smallest absolute Gasteiger partial charge is 0.410 e. The normalized spacial score (nSPS) is 23.0. The zero-order valence-electron chi connectivity index (χ0n) is 15.1. The third-order valence-electron chi connectivity index (χ3n) is 4.60. The summed E-state index contributed by atoms with van der Waals surface area (Å²) in [5.74, 6) is -0.0759. The van der Waals surface area contributed by atoms with Crippen molar-refractivity contribution < 1.29 is 14.3 Å². The molecule has 1 aliphatic carbocycles. The zero-order valence-corrected chi connectivity index (χ0v) is 15.1. The van der Waals surface area contributed by atoms with Crippen molar-refractivity contribution in [2.24, 2.45) is 5.92 Å². The Morgan fingerprint density at radius 2 is 1.96 bits per heavy atom. The third kappa shape index (κ3) is 5.37. The number of carbonyl (C=O) groups excluding carboxylic acids is 2. The van der Waals surface area contributed by atoms with Crippen LogP contribution in [0.15, 0.2) is 0 Å². The van der Waals surface area contributed by atoms with Crippen LogP contribution in [0.4, 0.5) is 4.79 Å². The molecule has 6 nitrogen and oxygen atoms in total. The lowest BCUT2D eigenvalue weighted by atomic mass is 10.1. The van der Waals surface area contributed by atoms with E-state index in [9.17, 15) is 9.59 Å². The van der Waals surface area contributed by atoms with Crippen molar-refractivity contribution in [3.63, 3.8) is 0 Å². The van der Waals surface area contributed by atoms with E-state index in [2.05, 4.69) is 24.2 Å². The van der Waals surface area contributed by atoms with Gasteiger partial charge in [0.25, 0.3) is 0 Å². The Bertz CT molecular complexity index is 443. The molecule has 0 aromatic heterocycles. The summed E-state index contributed by atoms with van der Waals surface area (Å²) >= 11 is 0. The molecule has 132 valence electrons. The number of likely N-dealkylation sites (tertiary alicyclic amines) is 1. The number of carbonyl (C=O) groups is 2. The lowest BCUT2D eigenvalue weighted by Crippen LogP contribution is -2.43. The maximum Gasteiger partial charge on any atom is 0.410 e. The van der Waals surface area contributed by atoms with E-state index in [1.807, 2.05) is 20.8 Å². The van der Waals surface area contributed by atoms with Gasteiger partial charge in [-0.25, -0.2) is 4.79 Å². The van der Waals surface area contributed by atoms with Gasteiger partial charge in [0.1, 0.15) is 5.60 Å². The molecule has 2 unspecified atom stereocenters. The van der Waals surface area contributed by atoms with Crippen LogP contribution in [0.5, 0.6) is 0 Å². The predicted molar refractivity (Wildman–Crippen MR) is 89.2 cm³/mol. The Morgan fingerprint density at radius 3 is 2.52 bits per heavy atom. The van der Waals surface area contributed by atoms with Gasteiger partial charge in [-0.3, -0.25) is 9.69 Å². The number of ether oxygens (including phenoxy) is 1. The first-order valence-corrected chi connectivity index (χ1v) is 8.65. The number of hydrogen-bond acceptors (Lipinski definition) is 4. The summed E-state index contributed by atoms with van der Waals surface area (Å²) in [5.41, 5.74) is -0.500. The molecule has 23 heavy (non-hydrogen) atoms. The number of amides is 2. The molecule has 1 saturated carbocycles. The molecular weight excluding hydrogens is 294 g/mol. The summed E-state index contributed by atoms with van der Waals surface area (Å²) < 4.78 is 5.36. The second kappa shape index (κ2) is 7.07. The number of hydrogen-bond donors (Lipinski definition) is 1. The monoisotopic (exact) mass is 325 g/mol. The Labute approximate surface area is 139 Å². The lowest BCUT2D eigenvalue weighted by Gasteiger charge is -2.25. The summed E-state index contributed by atoms with van der Waals surface area (Å²) in [6, 6.07) is 1.03. The highest BCUT2D eigenvalue weighted by Gasteiger charge is 2.34. The summed E-state index contributed by atoms with van der Waals surface area (Å²) in [5, 5.41) is 3.04. The average Bonchev–Trinajstić information content (AvgIpc) is 3.18. The van der Waals surface area contributed by atoms with Gasteiger partial charge in [-0.1, -0.05) is 0 Å². The fraction of sp³-hybridized carbons (Fsp3) is 0.882. The third-order valence-corrected chi connectivity index (χ3v) is 4.60. The van der Waals surface area contributed by atoms with Crippen molar-refractivity contribution in [3.05, 3.63) is 0 Å². The van der Waals surface area contributed by atoms with Crippen LogP contribution >= 0.6 is 0 Å². The van der Waals surface area contributed by atoms with Gasteiger partial charge in [0.15, 0.2) is 0 Å². The molecule has 0 aromatic carbocycles. The SMILES string of the molecule is CC(CNC(=O)C1CCN(C(=O)OC(C)(C)C)C1)N(C)C1CC1. The first-order chi connectivity index (χ1) is 10.7. The molecule has 1 saturated heterocycles. The van der Waals surface area contributed by atoms with E-state index in [4.69, 9.17) is 4.74 Å². The molecule has 2 atom stereocenters. The van der Waals surface area contributed by atoms with E-state index in [1.165, 1.54) is 12.8 Å². The van der Waals surface area contributed by atoms with Crippen molar-refractivity contribution in [2.75, 3.05) is 26.7 Å². The van der Waals surface area contributed by atoms with E-state index in [0.29, 0.717) is 38.1 Å². The van der Waals surface area contributed by atoms with Gasteiger partial charge in [0.2, 0.25) is 5.91 Å². The van der Waals surface area contributed by atoms with Crippen molar-refractivity contribution >= 4 is 12.0 Å². The van der Waals surface area contributed by atoms with E-state index >= 15 is 0 Å². The van der Waals surface area contributed by atoms with Gasteiger partial charge in [-0.2, -0.15) is 0 Å². The van der Waals surface area contributed by atoms with E-state index in [-0.39, 0.29) is 17.9 Å². The number of nitrogens with one attached hydrogen (secondary N) is 1. The highest BCUT2D eigenvalue weighted by atomic mass is 16.6. The molecule has 2 rings (SSSR count). The van der Waals surface area contributed by atoms with E-state index < -0.39 is 5.60 Å². The minimum absolute atomic E-state index is 0.0482. The molecule has 2 amide bonds. The second-order valence-corrected chi connectivity index (χ2v) is 7.90.